The van der Waals surface area contributed by atoms with E-state index in [9.17, 15) is 4.79 Å². The van der Waals surface area contributed by atoms with Crippen molar-refractivity contribution in [1.82, 2.24) is 9.97 Å². The molecule has 0 unspecified atom stereocenters. The fourth-order valence-corrected chi connectivity index (χ4v) is 4.31. The van der Waals surface area contributed by atoms with Gasteiger partial charge in [0.25, 0.3) is 0 Å². The molecule has 6 nitrogen and oxygen atoms in total. The first-order valence-electron chi connectivity index (χ1n) is 10.7. The molecule has 0 radical (unpaired) electrons. The minimum atomic E-state index is -0.455. The van der Waals surface area contributed by atoms with Crippen LogP contribution in [0, 0.1) is 5.82 Å². The van der Waals surface area contributed by atoms with Crippen LogP contribution in [0.3, 0.4) is 0 Å². The van der Waals surface area contributed by atoms with Crippen LogP contribution in [0.15, 0.2) is 42.6 Å². The number of carbonyl (C=O) groups excluding carboxylic acids is 1. The molecule has 1 saturated heterocycles. The lowest BCUT2D eigenvalue weighted by Gasteiger charge is -2.27. The predicted octanol–water partition coefficient (Wildman–Crippen LogP) is 4.81. The lowest BCUT2D eigenvalue weighted by molar-refractivity contribution is -0.116. The number of aromatic nitrogens is 2. The van der Waals surface area contributed by atoms with Gasteiger partial charge >= 0.3 is 0 Å². The Kier molecular flexibility index (Phi) is 5.83. The molecule has 4 heterocycles. The van der Waals surface area contributed by atoms with Crippen LogP contribution < -0.4 is 9.80 Å². The van der Waals surface area contributed by atoms with E-state index in [0.717, 1.165) is 30.2 Å². The Morgan fingerprint density at radius 3 is 2.67 bits per heavy atom. The Bertz CT molecular complexity index is 1240. The minimum absolute atomic E-state index is 0.146. The van der Waals surface area contributed by atoms with Gasteiger partial charge in [0, 0.05) is 42.4 Å². The first kappa shape index (κ1) is 21.6. The number of pyridine rings is 2. The summed E-state index contributed by atoms with van der Waals surface area (Å²) >= 11 is 6.17. The largest absolute Gasteiger partial charge is 0.378 e. The molecule has 2 aromatic heterocycles. The highest BCUT2D eigenvalue weighted by Gasteiger charge is 2.22. The van der Waals surface area contributed by atoms with Crippen molar-refractivity contribution in [3.63, 3.8) is 0 Å². The van der Waals surface area contributed by atoms with Gasteiger partial charge in [-0.2, -0.15) is 0 Å². The first-order chi connectivity index (χ1) is 16.0. The van der Waals surface area contributed by atoms with Gasteiger partial charge in [-0.05, 0) is 48.0 Å². The van der Waals surface area contributed by atoms with Crippen LogP contribution >= 0.6 is 11.6 Å². The van der Waals surface area contributed by atoms with Crippen LogP contribution in [0.4, 0.5) is 15.9 Å². The maximum Gasteiger partial charge on any atom is 0.224 e. The Balaban J connectivity index is 1.53. The highest BCUT2D eigenvalue weighted by molar-refractivity contribution is 6.30. The van der Waals surface area contributed by atoms with Gasteiger partial charge in [-0.3, -0.25) is 4.79 Å². The molecule has 0 spiro atoms. The predicted molar refractivity (Wildman–Crippen MR) is 128 cm³/mol. The molecule has 0 atom stereocenters. The van der Waals surface area contributed by atoms with E-state index < -0.39 is 5.82 Å². The molecule has 2 aliphatic rings. The molecule has 1 aromatic carbocycles. The second-order valence-electron chi connectivity index (χ2n) is 8.01. The summed E-state index contributed by atoms with van der Waals surface area (Å²) in [6.07, 6.45) is 5.33. The third-order valence-corrected chi connectivity index (χ3v) is 6.09. The van der Waals surface area contributed by atoms with Crippen molar-refractivity contribution in [3.05, 3.63) is 70.3 Å². The Morgan fingerprint density at radius 1 is 1.12 bits per heavy atom. The fourth-order valence-electron chi connectivity index (χ4n) is 4.13. The van der Waals surface area contributed by atoms with E-state index in [-0.39, 0.29) is 18.1 Å². The van der Waals surface area contributed by atoms with Crippen LogP contribution in [-0.4, -0.2) is 42.2 Å². The number of morpholine rings is 1. The number of fused-ring (bicyclic) bond motifs is 2. The summed E-state index contributed by atoms with van der Waals surface area (Å²) in [4.78, 5) is 25.3. The molecule has 1 amide bonds. The number of anilines is 2. The number of hydrogen-bond donors (Lipinski definition) is 0. The van der Waals surface area contributed by atoms with Crippen LogP contribution in [0.25, 0.3) is 23.4 Å². The number of amides is 1. The number of benzene rings is 1. The average molecular weight is 465 g/mol. The van der Waals surface area contributed by atoms with E-state index in [2.05, 4.69) is 14.9 Å². The molecular weight excluding hydrogens is 443 g/mol. The van der Waals surface area contributed by atoms with E-state index in [0.29, 0.717) is 35.1 Å². The molecule has 8 heteroatoms. The number of halogens is 2. The lowest BCUT2D eigenvalue weighted by Crippen LogP contribution is -2.36. The zero-order valence-corrected chi connectivity index (χ0v) is 18.8. The van der Waals surface area contributed by atoms with Crippen LogP contribution in [-0.2, 0) is 16.1 Å². The zero-order valence-electron chi connectivity index (χ0n) is 18.1. The van der Waals surface area contributed by atoms with Crippen molar-refractivity contribution in [1.29, 1.82) is 0 Å². The smallest absolute Gasteiger partial charge is 0.224 e. The van der Waals surface area contributed by atoms with Gasteiger partial charge in [-0.1, -0.05) is 17.7 Å². The van der Waals surface area contributed by atoms with Crippen molar-refractivity contribution >= 4 is 41.2 Å². The minimum Gasteiger partial charge on any atom is -0.378 e. The zero-order chi connectivity index (χ0) is 22.9. The van der Waals surface area contributed by atoms with Crippen molar-refractivity contribution < 1.29 is 13.9 Å². The summed E-state index contributed by atoms with van der Waals surface area (Å²) in [5, 5.41) is 0.571. The number of hydrogen-bond acceptors (Lipinski definition) is 5. The summed E-state index contributed by atoms with van der Waals surface area (Å²) < 4.78 is 20.6. The van der Waals surface area contributed by atoms with Gasteiger partial charge in [0.15, 0.2) is 0 Å². The quantitative estimate of drug-likeness (QED) is 0.544. The van der Waals surface area contributed by atoms with Crippen LogP contribution in [0.1, 0.15) is 23.7 Å². The van der Waals surface area contributed by atoms with Gasteiger partial charge in [0.05, 0.1) is 31.1 Å². The molecule has 0 bridgehead atoms. The van der Waals surface area contributed by atoms with E-state index in [1.165, 1.54) is 13.0 Å². The molecule has 5 rings (SSSR count). The van der Waals surface area contributed by atoms with Gasteiger partial charge in [-0.25, -0.2) is 14.4 Å². The third kappa shape index (κ3) is 4.34. The van der Waals surface area contributed by atoms with Gasteiger partial charge < -0.3 is 14.5 Å². The van der Waals surface area contributed by atoms with Gasteiger partial charge in [0.1, 0.15) is 17.3 Å². The third-order valence-electron chi connectivity index (χ3n) is 5.85. The summed E-state index contributed by atoms with van der Waals surface area (Å²) in [5.41, 5.74) is 3.56. The molecular formula is C25H22ClFN4O2. The first-order valence-corrected chi connectivity index (χ1v) is 11.1. The van der Waals surface area contributed by atoms with E-state index in [1.807, 2.05) is 24.3 Å². The summed E-state index contributed by atoms with van der Waals surface area (Å²) in [6, 6.07) is 10.5. The Morgan fingerprint density at radius 2 is 1.94 bits per heavy atom. The van der Waals surface area contributed by atoms with Crippen molar-refractivity contribution in [2.24, 2.45) is 0 Å². The standard InChI is InChI=1S/C25H22ClFN4O2/c1-16(32)31-15-19-13-21(27)25(18-3-7-24(28-14-18)30-8-10-33-11-9-30)29-22(19)5-2-17-12-20(26)4-6-23(17)31/h2-7,12-14H,8-11,15H2,1H3. The highest BCUT2D eigenvalue weighted by Crippen LogP contribution is 2.32. The molecule has 0 N–H and O–H groups in total. The number of nitrogens with zero attached hydrogens (tertiary/aromatic N) is 4. The topological polar surface area (TPSA) is 58.6 Å². The van der Waals surface area contributed by atoms with Crippen LogP contribution in [0.5, 0.6) is 0 Å². The molecule has 0 saturated carbocycles. The maximum atomic E-state index is 15.2. The SMILES string of the molecule is CC(=O)N1Cc2cc(F)c(-c3ccc(N4CCOCC4)nc3)nc2C=Cc2cc(Cl)ccc21. The van der Waals surface area contributed by atoms with Crippen molar-refractivity contribution in [3.8, 4) is 11.3 Å². The van der Waals surface area contributed by atoms with Crippen molar-refractivity contribution in [2.75, 3.05) is 36.1 Å². The second kappa shape index (κ2) is 8.92. The van der Waals surface area contributed by atoms with E-state index in [4.69, 9.17) is 16.3 Å². The Labute approximate surface area is 196 Å². The highest BCUT2D eigenvalue weighted by atomic mass is 35.5. The summed E-state index contributed by atoms with van der Waals surface area (Å²) in [7, 11) is 0. The lowest BCUT2D eigenvalue weighted by atomic mass is 10.0. The van der Waals surface area contributed by atoms with E-state index >= 15 is 4.39 Å². The Hall–Kier alpha value is -3.29. The maximum absolute atomic E-state index is 15.2. The van der Waals surface area contributed by atoms with Crippen LogP contribution in [0.2, 0.25) is 5.02 Å². The summed E-state index contributed by atoms with van der Waals surface area (Å²) in [6.45, 7) is 4.59. The molecule has 1 fully saturated rings. The normalized spacial score (nSPS) is 15.5. The number of rotatable bonds is 2. The number of ether oxygens (including phenoxy) is 1. The van der Waals surface area contributed by atoms with E-state index in [1.54, 1.807) is 29.3 Å². The summed E-state index contributed by atoms with van der Waals surface area (Å²) in [5.74, 6) is 0.231. The molecule has 3 aromatic rings. The van der Waals surface area contributed by atoms with Gasteiger partial charge in [0.2, 0.25) is 5.91 Å². The monoisotopic (exact) mass is 464 g/mol. The molecule has 0 aliphatic carbocycles. The molecule has 2 aliphatic heterocycles. The molecule has 33 heavy (non-hydrogen) atoms. The second-order valence-corrected chi connectivity index (χ2v) is 8.45. The van der Waals surface area contributed by atoms with Crippen molar-refractivity contribution in [2.45, 2.75) is 13.5 Å². The fraction of sp³-hybridized carbons (Fsp3) is 0.240. The number of carbonyl (C=O) groups is 1. The average Bonchev–Trinajstić information content (AvgIpc) is 2.82. The van der Waals surface area contributed by atoms with Gasteiger partial charge in [-0.15, -0.1) is 0 Å². The molecule has 168 valence electrons.